The molecular weight excluding hydrogens is 180 g/mol. The molecule has 0 aliphatic carbocycles. The SMILES string of the molecule is Cc1cn(C)nn1.Cc1cnnn1C. The Morgan fingerprint density at radius 1 is 1.14 bits per heavy atom. The highest BCUT2D eigenvalue weighted by Gasteiger charge is 1.85. The number of rotatable bonds is 0. The molecule has 0 bridgehead atoms. The molecule has 2 aromatic rings. The third kappa shape index (κ3) is 2.96. The predicted molar refractivity (Wildman–Crippen MR) is 51.5 cm³/mol. The Bertz CT molecular complexity index is 355. The topological polar surface area (TPSA) is 61.4 Å². The van der Waals surface area contributed by atoms with Crippen LogP contribution in [0.15, 0.2) is 12.4 Å². The van der Waals surface area contributed by atoms with Gasteiger partial charge in [-0.3, -0.25) is 9.36 Å². The lowest BCUT2D eigenvalue weighted by molar-refractivity contribution is 0.696. The molecule has 0 aliphatic heterocycles. The summed E-state index contributed by atoms with van der Waals surface area (Å²) in [7, 11) is 3.71. The molecule has 0 unspecified atom stereocenters. The van der Waals surface area contributed by atoms with Gasteiger partial charge in [-0.1, -0.05) is 10.4 Å². The molecule has 6 heteroatoms. The molecule has 14 heavy (non-hydrogen) atoms. The molecule has 76 valence electrons. The van der Waals surface area contributed by atoms with Crippen LogP contribution >= 0.6 is 0 Å². The van der Waals surface area contributed by atoms with Gasteiger partial charge in [0.15, 0.2) is 0 Å². The summed E-state index contributed by atoms with van der Waals surface area (Å²) in [5.74, 6) is 0. The number of aryl methyl sites for hydroxylation is 4. The maximum absolute atomic E-state index is 3.73. The highest BCUT2D eigenvalue weighted by Crippen LogP contribution is 1.84. The first kappa shape index (κ1) is 10.4. The van der Waals surface area contributed by atoms with E-state index in [-0.39, 0.29) is 0 Å². The van der Waals surface area contributed by atoms with E-state index in [1.165, 1.54) is 0 Å². The standard InChI is InChI=1S/2C4H7N3/c1-4-3-7(2)6-5-4;1-4-3-5-6-7(4)2/h2*3H,1-2H3. The van der Waals surface area contributed by atoms with E-state index >= 15 is 0 Å². The van der Waals surface area contributed by atoms with Gasteiger partial charge in [-0.2, -0.15) is 0 Å². The molecule has 0 saturated carbocycles. The minimum absolute atomic E-state index is 0.961. The van der Waals surface area contributed by atoms with Gasteiger partial charge in [0.25, 0.3) is 0 Å². The number of hydrogen-bond acceptors (Lipinski definition) is 4. The molecule has 0 aromatic carbocycles. The Labute approximate surface area is 82.5 Å². The third-order valence-corrected chi connectivity index (χ3v) is 1.66. The van der Waals surface area contributed by atoms with Crippen LogP contribution in [0.3, 0.4) is 0 Å². The second-order valence-corrected chi connectivity index (χ2v) is 3.03. The van der Waals surface area contributed by atoms with E-state index < -0.39 is 0 Å². The summed E-state index contributed by atoms with van der Waals surface area (Å²) in [5, 5.41) is 14.7. The fourth-order valence-corrected chi connectivity index (χ4v) is 0.804. The Hall–Kier alpha value is -1.72. The summed E-state index contributed by atoms with van der Waals surface area (Å²) < 4.78 is 3.40. The van der Waals surface area contributed by atoms with E-state index in [4.69, 9.17) is 0 Å². The van der Waals surface area contributed by atoms with Gasteiger partial charge >= 0.3 is 0 Å². The monoisotopic (exact) mass is 194 g/mol. The van der Waals surface area contributed by atoms with Gasteiger partial charge in [0.1, 0.15) is 0 Å². The summed E-state index contributed by atoms with van der Waals surface area (Å²) in [4.78, 5) is 0. The minimum atomic E-state index is 0.961. The van der Waals surface area contributed by atoms with E-state index in [1.807, 2.05) is 34.1 Å². The number of nitrogens with zero attached hydrogens (tertiary/aromatic N) is 6. The van der Waals surface area contributed by atoms with Crippen LogP contribution in [-0.4, -0.2) is 30.0 Å². The van der Waals surface area contributed by atoms with Gasteiger partial charge in [-0.15, -0.1) is 10.2 Å². The molecular formula is C8H14N6. The van der Waals surface area contributed by atoms with Gasteiger partial charge in [0.2, 0.25) is 0 Å². The first-order valence-corrected chi connectivity index (χ1v) is 4.24. The quantitative estimate of drug-likeness (QED) is 0.603. The second-order valence-electron chi connectivity index (χ2n) is 3.03. The van der Waals surface area contributed by atoms with Crippen molar-refractivity contribution in [3.63, 3.8) is 0 Å². The van der Waals surface area contributed by atoms with Crippen LogP contribution in [-0.2, 0) is 14.1 Å². The zero-order valence-corrected chi connectivity index (χ0v) is 8.84. The van der Waals surface area contributed by atoms with Gasteiger partial charge in [-0.05, 0) is 13.8 Å². The predicted octanol–water partition coefficient (Wildman–Crippen LogP) is 0.247. The summed E-state index contributed by atoms with van der Waals surface area (Å²) in [5.41, 5.74) is 2.04. The first-order chi connectivity index (χ1) is 6.59. The average Bonchev–Trinajstić information content (AvgIpc) is 2.65. The molecule has 0 aliphatic rings. The van der Waals surface area contributed by atoms with Crippen LogP contribution in [0.5, 0.6) is 0 Å². The molecule has 2 aromatic heterocycles. The number of hydrogen-bond donors (Lipinski definition) is 0. The number of aromatic nitrogens is 6. The zero-order chi connectivity index (χ0) is 10.6. The van der Waals surface area contributed by atoms with Crippen LogP contribution in [0.4, 0.5) is 0 Å². The average molecular weight is 194 g/mol. The lowest BCUT2D eigenvalue weighted by Gasteiger charge is -1.84. The summed E-state index contributed by atoms with van der Waals surface area (Å²) >= 11 is 0. The van der Waals surface area contributed by atoms with Crippen LogP contribution < -0.4 is 0 Å². The summed E-state index contributed by atoms with van der Waals surface area (Å²) in [6, 6.07) is 0. The maximum Gasteiger partial charge on any atom is 0.0796 e. The Morgan fingerprint density at radius 3 is 2.00 bits per heavy atom. The molecule has 0 N–H and O–H groups in total. The Morgan fingerprint density at radius 2 is 1.86 bits per heavy atom. The largest absolute Gasteiger partial charge is 0.255 e. The van der Waals surface area contributed by atoms with Crippen LogP contribution in [0.2, 0.25) is 0 Å². The Balaban J connectivity index is 0.000000140. The fraction of sp³-hybridized carbons (Fsp3) is 0.500. The van der Waals surface area contributed by atoms with E-state index in [9.17, 15) is 0 Å². The lowest BCUT2D eigenvalue weighted by atomic mass is 10.6. The van der Waals surface area contributed by atoms with Crippen LogP contribution in [0, 0.1) is 13.8 Å². The van der Waals surface area contributed by atoms with Gasteiger partial charge in [0.05, 0.1) is 17.6 Å². The van der Waals surface area contributed by atoms with Crippen molar-refractivity contribution in [1.82, 2.24) is 30.0 Å². The molecule has 0 fully saturated rings. The molecule has 0 spiro atoms. The molecule has 0 radical (unpaired) electrons. The summed E-state index contributed by atoms with van der Waals surface area (Å²) in [6.07, 6.45) is 3.58. The van der Waals surface area contributed by atoms with Gasteiger partial charge in [0, 0.05) is 20.3 Å². The van der Waals surface area contributed by atoms with E-state index in [0.29, 0.717) is 0 Å². The van der Waals surface area contributed by atoms with Crippen LogP contribution in [0.1, 0.15) is 11.4 Å². The Kier molecular flexibility index (Phi) is 3.33. The van der Waals surface area contributed by atoms with Crippen LogP contribution in [0.25, 0.3) is 0 Å². The highest BCUT2D eigenvalue weighted by molar-refractivity contribution is 4.86. The molecule has 0 saturated heterocycles. The van der Waals surface area contributed by atoms with Crippen molar-refractivity contribution in [2.45, 2.75) is 13.8 Å². The summed E-state index contributed by atoms with van der Waals surface area (Å²) in [6.45, 7) is 3.87. The molecule has 2 rings (SSSR count). The molecule has 6 nitrogen and oxygen atoms in total. The van der Waals surface area contributed by atoms with Crippen molar-refractivity contribution in [2.24, 2.45) is 14.1 Å². The maximum atomic E-state index is 3.73. The van der Waals surface area contributed by atoms with Crippen molar-refractivity contribution in [1.29, 1.82) is 0 Å². The lowest BCUT2D eigenvalue weighted by Crippen LogP contribution is -1.91. The smallest absolute Gasteiger partial charge is 0.0796 e. The fourth-order valence-electron chi connectivity index (χ4n) is 0.804. The highest BCUT2D eigenvalue weighted by atomic mass is 15.4. The minimum Gasteiger partial charge on any atom is -0.255 e. The molecule has 0 amide bonds. The van der Waals surface area contributed by atoms with E-state index in [2.05, 4.69) is 20.6 Å². The van der Waals surface area contributed by atoms with Crippen molar-refractivity contribution >= 4 is 0 Å². The van der Waals surface area contributed by atoms with Gasteiger partial charge in [-0.25, -0.2) is 0 Å². The van der Waals surface area contributed by atoms with Gasteiger partial charge < -0.3 is 0 Å². The first-order valence-electron chi connectivity index (χ1n) is 4.24. The molecule has 0 atom stereocenters. The zero-order valence-electron chi connectivity index (χ0n) is 8.84. The van der Waals surface area contributed by atoms with E-state index in [0.717, 1.165) is 11.4 Å². The second kappa shape index (κ2) is 4.50. The normalized spacial score (nSPS) is 9.43. The van der Waals surface area contributed by atoms with Crippen molar-refractivity contribution in [3.05, 3.63) is 23.8 Å². The third-order valence-electron chi connectivity index (χ3n) is 1.66. The molecule has 2 heterocycles. The van der Waals surface area contributed by atoms with Crippen molar-refractivity contribution in [3.8, 4) is 0 Å². The van der Waals surface area contributed by atoms with E-state index in [1.54, 1.807) is 15.6 Å². The van der Waals surface area contributed by atoms with Crippen molar-refractivity contribution < 1.29 is 0 Å². The van der Waals surface area contributed by atoms with Crippen molar-refractivity contribution in [2.75, 3.05) is 0 Å².